The third-order valence-electron chi connectivity index (χ3n) is 4.22. The molecule has 0 spiro atoms. The fourth-order valence-corrected chi connectivity index (χ4v) is 3.11. The molecule has 27 heavy (non-hydrogen) atoms. The molecule has 0 rings (SSSR count). The van der Waals surface area contributed by atoms with Crippen LogP contribution in [0, 0.1) is 11.3 Å². The van der Waals surface area contributed by atoms with Crippen LogP contribution in [0.5, 0.6) is 0 Å². The summed E-state index contributed by atoms with van der Waals surface area (Å²) in [6.07, 6.45) is -17.0. The van der Waals surface area contributed by atoms with Gasteiger partial charge in [-0.25, -0.2) is 9.59 Å². The molecule has 0 bridgehead atoms. The molecule has 0 saturated carbocycles. The summed E-state index contributed by atoms with van der Waals surface area (Å²) in [6, 6.07) is 0. The van der Waals surface area contributed by atoms with Gasteiger partial charge in [-0.2, -0.15) is 26.3 Å². The Labute approximate surface area is 152 Å². The number of amides is 2. The molecule has 2 amide bonds. The molecule has 6 nitrogen and oxygen atoms in total. The summed E-state index contributed by atoms with van der Waals surface area (Å²) >= 11 is 0. The van der Waals surface area contributed by atoms with Crippen molar-refractivity contribution in [3.8, 4) is 0 Å². The van der Waals surface area contributed by atoms with Crippen LogP contribution in [0.25, 0.3) is 0 Å². The van der Waals surface area contributed by atoms with E-state index in [1.54, 1.807) is 6.92 Å². The van der Waals surface area contributed by atoms with E-state index < -0.39 is 54.3 Å². The summed E-state index contributed by atoms with van der Waals surface area (Å²) < 4.78 is 87.4. The van der Waals surface area contributed by atoms with Gasteiger partial charge < -0.3 is 20.9 Å². The van der Waals surface area contributed by atoms with Gasteiger partial charge in [0.25, 0.3) is 0 Å². The highest BCUT2D eigenvalue weighted by molar-refractivity contribution is 5.65. The quantitative estimate of drug-likeness (QED) is 0.554. The number of hydrogen-bond acceptors (Lipinski definition) is 4. The Balaban J connectivity index is 5.74. The van der Waals surface area contributed by atoms with Crippen molar-refractivity contribution in [3.05, 3.63) is 0 Å². The molecule has 0 heterocycles. The highest BCUT2D eigenvalue weighted by Crippen LogP contribution is 2.51. The minimum Gasteiger partial charge on any atom is -0.450 e. The first-order valence-corrected chi connectivity index (χ1v) is 7.93. The Hall–Kier alpha value is -1.88. The van der Waals surface area contributed by atoms with Gasteiger partial charge in [0.15, 0.2) is 0 Å². The Morgan fingerprint density at radius 3 is 1.70 bits per heavy atom. The smallest absolute Gasteiger partial charge is 0.405 e. The van der Waals surface area contributed by atoms with Crippen molar-refractivity contribution in [3.63, 3.8) is 0 Å². The van der Waals surface area contributed by atoms with Gasteiger partial charge in [-0.15, -0.1) is 0 Å². The molecule has 1 atom stereocenters. The highest BCUT2D eigenvalue weighted by atomic mass is 19.4. The number of primary amides is 2. The lowest BCUT2D eigenvalue weighted by molar-refractivity contribution is -0.244. The van der Waals surface area contributed by atoms with Gasteiger partial charge in [-0.1, -0.05) is 20.8 Å². The molecule has 12 heteroatoms. The fraction of sp³-hybridized carbons (Fsp3) is 0.867. The lowest BCUT2D eigenvalue weighted by atomic mass is 9.66. The van der Waals surface area contributed by atoms with E-state index in [2.05, 4.69) is 9.47 Å². The van der Waals surface area contributed by atoms with Crippen molar-refractivity contribution in [1.29, 1.82) is 0 Å². The van der Waals surface area contributed by atoms with E-state index in [0.717, 1.165) is 13.8 Å². The average molecular weight is 410 g/mol. The first-order valence-electron chi connectivity index (χ1n) is 7.93. The van der Waals surface area contributed by atoms with Crippen LogP contribution in [0.1, 0.15) is 46.5 Å². The molecule has 0 aliphatic heterocycles. The summed E-state index contributed by atoms with van der Waals surface area (Å²) in [5.74, 6) is -0.475. The zero-order valence-corrected chi connectivity index (χ0v) is 15.2. The Morgan fingerprint density at radius 1 is 0.926 bits per heavy atom. The molecule has 0 aliphatic carbocycles. The maximum atomic E-state index is 13.1. The van der Waals surface area contributed by atoms with Crippen LogP contribution in [-0.4, -0.2) is 36.7 Å². The van der Waals surface area contributed by atoms with Gasteiger partial charge >= 0.3 is 24.5 Å². The van der Waals surface area contributed by atoms with Gasteiger partial charge in [0.2, 0.25) is 0 Å². The molecule has 0 radical (unpaired) electrons. The predicted molar refractivity (Wildman–Crippen MR) is 82.5 cm³/mol. The van der Waals surface area contributed by atoms with Crippen LogP contribution in [-0.2, 0) is 9.47 Å². The monoisotopic (exact) mass is 410 g/mol. The molecule has 1 unspecified atom stereocenters. The lowest BCUT2D eigenvalue weighted by Gasteiger charge is -2.47. The second kappa shape index (κ2) is 8.87. The number of nitrogens with two attached hydrogens (primary N) is 2. The van der Waals surface area contributed by atoms with Crippen LogP contribution in [0.4, 0.5) is 35.9 Å². The predicted octanol–water partition coefficient (Wildman–Crippen LogP) is 4.26. The number of rotatable bonds is 9. The summed E-state index contributed by atoms with van der Waals surface area (Å²) in [5.41, 5.74) is 4.86. The third-order valence-corrected chi connectivity index (χ3v) is 4.22. The number of carbonyl (C=O) groups is 2. The van der Waals surface area contributed by atoms with Gasteiger partial charge in [-0.05, 0) is 18.8 Å². The highest BCUT2D eigenvalue weighted by Gasteiger charge is 2.59. The molecular weight excluding hydrogens is 386 g/mol. The van der Waals surface area contributed by atoms with E-state index in [9.17, 15) is 35.9 Å². The normalized spacial score (nSPS) is 14.6. The SMILES string of the molecule is CC(CCOC(N)=O)CC(C)(C)C(CC(F)(F)F)(CC(F)(F)F)OC(N)=O. The third kappa shape index (κ3) is 9.57. The zero-order valence-electron chi connectivity index (χ0n) is 15.2. The summed E-state index contributed by atoms with van der Waals surface area (Å²) in [6.45, 7) is 3.66. The molecule has 0 fully saturated rings. The number of ether oxygens (including phenoxy) is 2. The van der Waals surface area contributed by atoms with Crippen molar-refractivity contribution in [2.24, 2.45) is 22.8 Å². The minimum atomic E-state index is -5.05. The van der Waals surface area contributed by atoms with Crippen molar-refractivity contribution < 1.29 is 45.4 Å². The number of halogens is 6. The summed E-state index contributed by atoms with van der Waals surface area (Å²) in [7, 11) is 0. The maximum absolute atomic E-state index is 13.1. The summed E-state index contributed by atoms with van der Waals surface area (Å²) in [5, 5.41) is 0. The van der Waals surface area contributed by atoms with Gasteiger partial charge in [0.05, 0.1) is 19.4 Å². The standard InChI is InChI=1S/C15H24F6N2O4/c1-9(4-5-26-10(22)24)6-12(2,3)13(27-11(23)25,7-14(16,17)18)8-15(19,20)21/h9H,4-8H2,1-3H3,(H2,22,24)(H2,23,25). The topological polar surface area (TPSA) is 105 Å². The van der Waals surface area contributed by atoms with Crippen LogP contribution < -0.4 is 11.5 Å². The second-order valence-electron chi connectivity index (χ2n) is 7.15. The molecule has 0 aromatic rings. The van der Waals surface area contributed by atoms with E-state index in [4.69, 9.17) is 11.5 Å². The van der Waals surface area contributed by atoms with Crippen molar-refractivity contribution in [2.75, 3.05) is 6.61 Å². The van der Waals surface area contributed by atoms with Gasteiger partial charge in [0.1, 0.15) is 5.60 Å². The molecule has 0 aliphatic rings. The molecule has 160 valence electrons. The zero-order chi connectivity index (χ0) is 21.7. The Kier molecular flexibility index (Phi) is 8.25. The maximum Gasteiger partial charge on any atom is 0.405 e. The number of hydrogen-bond donors (Lipinski definition) is 2. The van der Waals surface area contributed by atoms with Crippen molar-refractivity contribution in [1.82, 2.24) is 0 Å². The van der Waals surface area contributed by atoms with E-state index in [0.29, 0.717) is 0 Å². The summed E-state index contributed by atoms with van der Waals surface area (Å²) in [4.78, 5) is 21.7. The lowest BCUT2D eigenvalue weighted by Crippen LogP contribution is -2.55. The van der Waals surface area contributed by atoms with Crippen LogP contribution >= 0.6 is 0 Å². The van der Waals surface area contributed by atoms with Crippen LogP contribution in [0.15, 0.2) is 0 Å². The van der Waals surface area contributed by atoms with Gasteiger partial charge in [0, 0.05) is 5.41 Å². The first-order chi connectivity index (χ1) is 11.9. The average Bonchev–Trinajstić information content (AvgIpc) is 2.31. The molecule has 0 aromatic heterocycles. The minimum absolute atomic E-state index is 0.136. The molecule has 0 saturated heterocycles. The fourth-order valence-electron chi connectivity index (χ4n) is 3.11. The van der Waals surface area contributed by atoms with E-state index >= 15 is 0 Å². The first kappa shape index (κ1) is 25.1. The van der Waals surface area contributed by atoms with Crippen molar-refractivity contribution in [2.45, 2.75) is 64.4 Å². The molecule has 4 N–H and O–H groups in total. The number of alkyl halides is 6. The Bertz CT molecular complexity index is 503. The second-order valence-corrected chi connectivity index (χ2v) is 7.15. The van der Waals surface area contributed by atoms with Gasteiger partial charge in [-0.3, -0.25) is 0 Å². The van der Waals surface area contributed by atoms with E-state index in [1.807, 2.05) is 0 Å². The largest absolute Gasteiger partial charge is 0.450 e. The number of carbonyl (C=O) groups excluding carboxylic acids is 2. The van der Waals surface area contributed by atoms with Crippen molar-refractivity contribution >= 4 is 12.2 Å². The van der Waals surface area contributed by atoms with Crippen LogP contribution in [0.3, 0.4) is 0 Å². The van der Waals surface area contributed by atoms with E-state index in [1.165, 1.54) is 0 Å². The molecular formula is C15H24F6N2O4. The Morgan fingerprint density at radius 2 is 1.37 bits per heavy atom. The molecule has 0 aromatic carbocycles. The van der Waals surface area contributed by atoms with Crippen LogP contribution in [0.2, 0.25) is 0 Å². The van der Waals surface area contributed by atoms with E-state index in [-0.39, 0.29) is 19.4 Å².